The Kier molecular flexibility index (Phi) is 8.97. The van der Waals surface area contributed by atoms with Crippen LogP contribution in [0.2, 0.25) is 0 Å². The molecule has 0 bridgehead atoms. The molecule has 1 aromatic heterocycles. The lowest BCUT2D eigenvalue weighted by molar-refractivity contribution is 0.294. The fourth-order valence-corrected chi connectivity index (χ4v) is 3.96. The Morgan fingerprint density at radius 1 is 1.06 bits per heavy atom. The van der Waals surface area contributed by atoms with Gasteiger partial charge in [0.15, 0.2) is 17.3 Å². The number of ether oxygens (including phenoxy) is 2. The van der Waals surface area contributed by atoms with E-state index < -0.39 is 0 Å². The number of aryl methyl sites for hydroxylation is 1. The van der Waals surface area contributed by atoms with Crippen LogP contribution >= 0.6 is 27.7 Å². The van der Waals surface area contributed by atoms with Gasteiger partial charge in [-0.15, -0.1) is 10.2 Å². The van der Waals surface area contributed by atoms with Gasteiger partial charge in [-0.1, -0.05) is 53.7 Å². The smallest absolute Gasteiger partial charge is 0.212 e. The van der Waals surface area contributed by atoms with Crippen molar-refractivity contribution in [2.75, 3.05) is 13.7 Å². The number of rotatable bonds is 11. The predicted molar refractivity (Wildman–Crippen MR) is 129 cm³/mol. The standard InChI is InChI=1S/C23H27BrN4O2S/c1-4-6-22-26-27-23(31-16-17-7-10-19(24)11-8-17)28(22)25-15-18-9-12-20(30-13-5-2)21(14-18)29-3/h7-12,14-15H,4-6,13,16H2,1-3H3/b25-15-. The first-order chi connectivity index (χ1) is 15.1. The summed E-state index contributed by atoms with van der Waals surface area (Å²) < 4.78 is 14.1. The summed E-state index contributed by atoms with van der Waals surface area (Å²) in [5.74, 6) is 3.08. The number of hydrogen-bond acceptors (Lipinski definition) is 6. The number of nitrogens with zero attached hydrogens (tertiary/aromatic N) is 4. The molecule has 0 aliphatic rings. The molecule has 0 saturated carbocycles. The Balaban J connectivity index is 1.79. The van der Waals surface area contributed by atoms with Gasteiger partial charge in [0.25, 0.3) is 0 Å². The number of thioether (sulfide) groups is 1. The summed E-state index contributed by atoms with van der Waals surface area (Å²) in [6.07, 6.45) is 4.54. The van der Waals surface area contributed by atoms with E-state index >= 15 is 0 Å². The third-order valence-electron chi connectivity index (χ3n) is 4.40. The highest BCUT2D eigenvalue weighted by Gasteiger charge is 2.12. The first-order valence-electron chi connectivity index (χ1n) is 10.3. The minimum absolute atomic E-state index is 0.657. The lowest BCUT2D eigenvalue weighted by Crippen LogP contribution is -2.01. The number of halogens is 1. The molecular formula is C23H27BrN4O2S. The van der Waals surface area contributed by atoms with Crippen LogP contribution in [0.1, 0.15) is 43.6 Å². The molecule has 0 spiro atoms. The number of hydrogen-bond donors (Lipinski definition) is 0. The van der Waals surface area contributed by atoms with Gasteiger partial charge in [-0.2, -0.15) is 9.78 Å². The summed E-state index contributed by atoms with van der Waals surface area (Å²) in [4.78, 5) is 0. The molecule has 6 nitrogen and oxygen atoms in total. The highest BCUT2D eigenvalue weighted by molar-refractivity contribution is 9.10. The first-order valence-corrected chi connectivity index (χ1v) is 12.1. The molecule has 0 atom stereocenters. The van der Waals surface area contributed by atoms with Crippen LogP contribution in [-0.4, -0.2) is 34.8 Å². The Hall–Kier alpha value is -2.32. The zero-order valence-electron chi connectivity index (χ0n) is 18.0. The van der Waals surface area contributed by atoms with Crippen molar-refractivity contribution in [1.82, 2.24) is 14.9 Å². The normalized spacial score (nSPS) is 11.2. The lowest BCUT2D eigenvalue weighted by Gasteiger charge is -2.10. The summed E-state index contributed by atoms with van der Waals surface area (Å²) in [5.41, 5.74) is 2.14. The van der Waals surface area contributed by atoms with Gasteiger partial charge in [-0.05, 0) is 54.3 Å². The van der Waals surface area contributed by atoms with Crippen molar-refractivity contribution in [3.05, 3.63) is 63.9 Å². The maximum atomic E-state index is 5.73. The molecule has 3 aromatic rings. The van der Waals surface area contributed by atoms with Gasteiger partial charge < -0.3 is 9.47 Å². The van der Waals surface area contributed by atoms with E-state index in [1.54, 1.807) is 25.1 Å². The average molecular weight is 503 g/mol. The van der Waals surface area contributed by atoms with E-state index in [1.165, 1.54) is 5.56 Å². The quantitative estimate of drug-likeness (QED) is 0.239. The SMILES string of the molecule is CCCOc1ccc(/C=N\n2c(CCC)nnc2SCc2ccc(Br)cc2)cc1OC. The minimum atomic E-state index is 0.657. The zero-order chi connectivity index (χ0) is 22.1. The Morgan fingerprint density at radius 2 is 1.87 bits per heavy atom. The number of benzene rings is 2. The molecule has 0 N–H and O–H groups in total. The molecule has 0 aliphatic heterocycles. The second kappa shape index (κ2) is 11.9. The molecule has 0 fully saturated rings. The van der Waals surface area contributed by atoms with Crippen LogP contribution < -0.4 is 9.47 Å². The van der Waals surface area contributed by atoms with E-state index in [4.69, 9.17) is 14.6 Å². The molecule has 3 rings (SSSR count). The average Bonchev–Trinajstić information content (AvgIpc) is 3.17. The molecule has 164 valence electrons. The highest BCUT2D eigenvalue weighted by atomic mass is 79.9. The monoisotopic (exact) mass is 502 g/mol. The van der Waals surface area contributed by atoms with Crippen LogP contribution in [0.25, 0.3) is 0 Å². The third kappa shape index (κ3) is 6.58. The van der Waals surface area contributed by atoms with Crippen LogP contribution in [0, 0.1) is 0 Å². The molecule has 0 saturated heterocycles. The van der Waals surface area contributed by atoms with Crippen LogP contribution in [-0.2, 0) is 12.2 Å². The largest absolute Gasteiger partial charge is 0.493 e. The maximum Gasteiger partial charge on any atom is 0.212 e. The van der Waals surface area contributed by atoms with Gasteiger partial charge in [0, 0.05) is 16.6 Å². The van der Waals surface area contributed by atoms with Gasteiger partial charge in [-0.3, -0.25) is 0 Å². The Labute approximate surface area is 196 Å². The first kappa shape index (κ1) is 23.3. The molecule has 0 aliphatic carbocycles. The van der Waals surface area contributed by atoms with Crippen LogP contribution in [0.5, 0.6) is 11.5 Å². The van der Waals surface area contributed by atoms with Gasteiger partial charge >= 0.3 is 0 Å². The fourth-order valence-electron chi connectivity index (χ4n) is 2.83. The van der Waals surface area contributed by atoms with E-state index in [-0.39, 0.29) is 0 Å². The zero-order valence-corrected chi connectivity index (χ0v) is 20.4. The molecule has 0 amide bonds. The van der Waals surface area contributed by atoms with Gasteiger partial charge in [-0.25, -0.2) is 0 Å². The predicted octanol–water partition coefficient (Wildman–Crippen LogP) is 5.97. The minimum Gasteiger partial charge on any atom is -0.493 e. The molecular weight excluding hydrogens is 476 g/mol. The summed E-state index contributed by atoms with van der Waals surface area (Å²) in [6, 6.07) is 14.1. The maximum absolute atomic E-state index is 5.73. The number of aromatic nitrogens is 3. The van der Waals surface area contributed by atoms with Gasteiger partial charge in [0.1, 0.15) is 0 Å². The summed E-state index contributed by atoms with van der Waals surface area (Å²) in [5, 5.41) is 14.2. The summed E-state index contributed by atoms with van der Waals surface area (Å²) in [6.45, 7) is 4.86. The lowest BCUT2D eigenvalue weighted by atomic mass is 10.2. The highest BCUT2D eigenvalue weighted by Crippen LogP contribution is 2.28. The van der Waals surface area contributed by atoms with Crippen molar-refractivity contribution in [3.8, 4) is 11.5 Å². The summed E-state index contributed by atoms with van der Waals surface area (Å²) >= 11 is 5.10. The molecule has 0 unspecified atom stereocenters. The number of methoxy groups -OCH3 is 1. The van der Waals surface area contributed by atoms with Gasteiger partial charge in [0.2, 0.25) is 5.16 Å². The van der Waals surface area contributed by atoms with Crippen LogP contribution in [0.4, 0.5) is 0 Å². The molecule has 31 heavy (non-hydrogen) atoms. The summed E-state index contributed by atoms with van der Waals surface area (Å²) in [7, 11) is 1.64. The second-order valence-corrected chi connectivity index (χ2v) is 8.74. The van der Waals surface area contributed by atoms with Crippen molar-refractivity contribution in [3.63, 3.8) is 0 Å². The molecule has 8 heteroatoms. The Morgan fingerprint density at radius 3 is 2.58 bits per heavy atom. The molecule has 1 heterocycles. The Bertz CT molecular complexity index is 1010. The van der Waals surface area contributed by atoms with E-state index in [1.807, 2.05) is 35.0 Å². The van der Waals surface area contributed by atoms with Crippen molar-refractivity contribution in [2.45, 2.75) is 44.0 Å². The second-order valence-electron chi connectivity index (χ2n) is 6.88. The van der Waals surface area contributed by atoms with Crippen molar-refractivity contribution in [1.29, 1.82) is 0 Å². The van der Waals surface area contributed by atoms with E-state index in [0.717, 1.165) is 51.8 Å². The van der Waals surface area contributed by atoms with Crippen LogP contribution in [0.3, 0.4) is 0 Å². The van der Waals surface area contributed by atoms with Crippen LogP contribution in [0.15, 0.2) is 57.2 Å². The third-order valence-corrected chi connectivity index (χ3v) is 5.92. The van der Waals surface area contributed by atoms with E-state index in [2.05, 4.69) is 52.1 Å². The van der Waals surface area contributed by atoms with Crippen molar-refractivity contribution >= 4 is 33.9 Å². The van der Waals surface area contributed by atoms with Gasteiger partial charge in [0.05, 0.1) is 19.9 Å². The van der Waals surface area contributed by atoms with E-state index in [0.29, 0.717) is 12.4 Å². The van der Waals surface area contributed by atoms with Crippen molar-refractivity contribution in [2.24, 2.45) is 5.10 Å². The van der Waals surface area contributed by atoms with E-state index in [9.17, 15) is 0 Å². The topological polar surface area (TPSA) is 61.5 Å². The molecule has 2 aromatic carbocycles. The fraction of sp³-hybridized carbons (Fsp3) is 0.348. The molecule has 0 radical (unpaired) electrons. The van der Waals surface area contributed by atoms with Crippen molar-refractivity contribution < 1.29 is 9.47 Å².